The highest BCUT2D eigenvalue weighted by Crippen LogP contribution is 2.26. The van der Waals surface area contributed by atoms with Crippen LogP contribution in [0.15, 0.2) is 4.99 Å². The number of aliphatic imine (C=N–C) groups is 1. The summed E-state index contributed by atoms with van der Waals surface area (Å²) in [5.74, 6) is 1.56. The molecule has 2 N–H and O–H groups in total. The molecule has 3 fully saturated rings. The molecule has 1 unspecified atom stereocenters. The molecule has 0 aromatic heterocycles. The van der Waals surface area contributed by atoms with Crippen LogP contribution in [0.5, 0.6) is 0 Å². The largest absolute Gasteiger partial charge is 0.356 e. The van der Waals surface area contributed by atoms with Crippen molar-refractivity contribution in [3.63, 3.8) is 0 Å². The van der Waals surface area contributed by atoms with E-state index in [1.165, 1.54) is 77.4 Å². The third kappa shape index (κ3) is 8.52. The Morgan fingerprint density at radius 1 is 0.933 bits per heavy atom. The van der Waals surface area contributed by atoms with E-state index in [2.05, 4.69) is 25.4 Å². The first kappa shape index (κ1) is 25.7. The molecule has 0 bridgehead atoms. The van der Waals surface area contributed by atoms with E-state index in [1.54, 1.807) is 0 Å². The van der Waals surface area contributed by atoms with E-state index >= 15 is 0 Å². The van der Waals surface area contributed by atoms with Crippen LogP contribution in [0.2, 0.25) is 0 Å². The molecule has 0 radical (unpaired) electrons. The van der Waals surface area contributed by atoms with Gasteiger partial charge in [0.15, 0.2) is 5.96 Å². The van der Waals surface area contributed by atoms with Crippen molar-refractivity contribution < 1.29 is 4.79 Å². The first-order valence-corrected chi connectivity index (χ1v) is 12.2. The van der Waals surface area contributed by atoms with E-state index in [1.807, 2.05) is 7.05 Å². The van der Waals surface area contributed by atoms with Crippen molar-refractivity contribution in [3.8, 4) is 0 Å². The van der Waals surface area contributed by atoms with E-state index in [0.717, 1.165) is 44.9 Å². The molecule has 6 nitrogen and oxygen atoms in total. The molecule has 0 spiro atoms. The third-order valence-corrected chi connectivity index (χ3v) is 6.91. The fourth-order valence-electron chi connectivity index (χ4n) is 5.10. The molecule has 0 aromatic rings. The van der Waals surface area contributed by atoms with E-state index in [0.29, 0.717) is 11.9 Å². The van der Waals surface area contributed by atoms with Crippen LogP contribution in [0.1, 0.15) is 77.0 Å². The van der Waals surface area contributed by atoms with Gasteiger partial charge >= 0.3 is 0 Å². The normalized spacial score (nSPS) is 23.8. The molecule has 1 amide bonds. The number of nitrogens with zero attached hydrogens (tertiary/aromatic N) is 3. The number of carbonyl (C=O) groups excluding carboxylic acids is 1. The summed E-state index contributed by atoms with van der Waals surface area (Å²) in [6, 6.07) is 0.327. The van der Waals surface area contributed by atoms with Gasteiger partial charge in [0.05, 0.1) is 0 Å². The third-order valence-electron chi connectivity index (χ3n) is 6.91. The molecule has 3 aliphatic rings. The molecular formula is C23H44IN5O. The molecular weight excluding hydrogens is 489 g/mol. The SMILES string of the molecule is CN=C(NCCCCCN1CCCCC1)NC1CCN(C(=O)C2CCCCC2)C1.I. The molecule has 1 aliphatic carbocycles. The topological polar surface area (TPSA) is 60.0 Å². The molecule has 0 aromatic carbocycles. The molecule has 174 valence electrons. The van der Waals surface area contributed by atoms with Gasteiger partial charge in [-0.05, 0) is 64.6 Å². The van der Waals surface area contributed by atoms with Crippen molar-refractivity contribution in [1.29, 1.82) is 0 Å². The Kier molecular flexibility index (Phi) is 12.4. The standard InChI is InChI=1S/C23H43N5O.HI/c1-24-23(25-14-7-3-8-15-27-16-9-4-10-17-27)26-21-13-18-28(19-21)22(29)20-11-5-2-6-12-20;/h20-21H,2-19H2,1H3,(H2,24,25,26);1H. The lowest BCUT2D eigenvalue weighted by Crippen LogP contribution is -2.45. The Balaban J connectivity index is 0.00000320. The highest BCUT2D eigenvalue weighted by molar-refractivity contribution is 14.0. The number of hydrogen-bond acceptors (Lipinski definition) is 3. The lowest BCUT2D eigenvalue weighted by Gasteiger charge is -2.26. The first-order valence-electron chi connectivity index (χ1n) is 12.2. The average molecular weight is 534 g/mol. The maximum absolute atomic E-state index is 12.7. The van der Waals surface area contributed by atoms with Gasteiger partial charge in [0.1, 0.15) is 0 Å². The van der Waals surface area contributed by atoms with E-state index in [-0.39, 0.29) is 29.9 Å². The summed E-state index contributed by atoms with van der Waals surface area (Å²) in [5.41, 5.74) is 0. The summed E-state index contributed by atoms with van der Waals surface area (Å²) in [4.78, 5) is 21.8. The second kappa shape index (κ2) is 14.5. The van der Waals surface area contributed by atoms with Gasteiger partial charge in [-0.2, -0.15) is 0 Å². The smallest absolute Gasteiger partial charge is 0.225 e. The number of hydrogen-bond donors (Lipinski definition) is 2. The lowest BCUT2D eigenvalue weighted by molar-refractivity contribution is -0.135. The molecule has 2 saturated heterocycles. The summed E-state index contributed by atoms with van der Waals surface area (Å²) in [5, 5.41) is 7.00. The second-order valence-electron chi connectivity index (χ2n) is 9.21. The molecule has 2 heterocycles. The molecule has 7 heteroatoms. The van der Waals surface area contributed by atoms with Gasteiger partial charge < -0.3 is 20.4 Å². The highest BCUT2D eigenvalue weighted by Gasteiger charge is 2.31. The number of guanidine groups is 1. The number of carbonyl (C=O) groups is 1. The fourth-order valence-corrected chi connectivity index (χ4v) is 5.10. The number of likely N-dealkylation sites (tertiary alicyclic amines) is 2. The Morgan fingerprint density at radius 2 is 1.67 bits per heavy atom. The number of unbranched alkanes of at least 4 members (excludes halogenated alkanes) is 2. The zero-order chi connectivity index (χ0) is 20.3. The number of halogens is 1. The van der Waals surface area contributed by atoms with Gasteiger partial charge in [-0.25, -0.2) is 0 Å². The second-order valence-corrected chi connectivity index (χ2v) is 9.21. The zero-order valence-corrected chi connectivity index (χ0v) is 21.4. The van der Waals surface area contributed by atoms with Crippen LogP contribution in [0.4, 0.5) is 0 Å². The van der Waals surface area contributed by atoms with Crippen LogP contribution in [0.25, 0.3) is 0 Å². The van der Waals surface area contributed by atoms with E-state index < -0.39 is 0 Å². The van der Waals surface area contributed by atoms with Crippen LogP contribution in [-0.2, 0) is 4.79 Å². The van der Waals surface area contributed by atoms with Crippen molar-refractivity contribution in [2.75, 3.05) is 46.3 Å². The summed E-state index contributed by atoms with van der Waals surface area (Å²) in [6.07, 6.45) is 14.9. The molecule has 2 aliphatic heterocycles. The van der Waals surface area contributed by atoms with Crippen molar-refractivity contribution in [2.24, 2.45) is 10.9 Å². The van der Waals surface area contributed by atoms with Gasteiger partial charge in [-0.1, -0.05) is 32.1 Å². The summed E-state index contributed by atoms with van der Waals surface area (Å²) in [6.45, 7) is 6.55. The fraction of sp³-hybridized carbons (Fsp3) is 0.913. The van der Waals surface area contributed by atoms with Crippen molar-refractivity contribution in [1.82, 2.24) is 20.4 Å². The monoisotopic (exact) mass is 533 g/mol. The van der Waals surface area contributed by atoms with Crippen LogP contribution < -0.4 is 10.6 Å². The first-order chi connectivity index (χ1) is 14.3. The predicted molar refractivity (Wildman–Crippen MR) is 136 cm³/mol. The summed E-state index contributed by atoms with van der Waals surface area (Å²) in [7, 11) is 1.84. The molecule has 1 saturated carbocycles. The molecule has 3 rings (SSSR count). The molecule has 1 atom stereocenters. The van der Waals surface area contributed by atoms with Gasteiger partial charge in [0.25, 0.3) is 0 Å². The van der Waals surface area contributed by atoms with Crippen molar-refractivity contribution in [3.05, 3.63) is 0 Å². The average Bonchev–Trinajstić information content (AvgIpc) is 3.24. The maximum Gasteiger partial charge on any atom is 0.225 e. The summed E-state index contributed by atoms with van der Waals surface area (Å²) >= 11 is 0. The Hall–Kier alpha value is -0.570. The number of amides is 1. The maximum atomic E-state index is 12.7. The minimum absolute atomic E-state index is 0. The quantitative estimate of drug-likeness (QED) is 0.217. The van der Waals surface area contributed by atoms with Gasteiger partial charge in [0, 0.05) is 38.6 Å². The zero-order valence-electron chi connectivity index (χ0n) is 19.0. The predicted octanol–water partition coefficient (Wildman–Crippen LogP) is 3.61. The van der Waals surface area contributed by atoms with Gasteiger partial charge in [-0.15, -0.1) is 24.0 Å². The minimum Gasteiger partial charge on any atom is -0.356 e. The lowest BCUT2D eigenvalue weighted by atomic mass is 9.88. The van der Waals surface area contributed by atoms with Crippen LogP contribution in [-0.4, -0.2) is 74.0 Å². The Morgan fingerprint density at radius 3 is 2.40 bits per heavy atom. The van der Waals surface area contributed by atoms with E-state index in [4.69, 9.17) is 0 Å². The van der Waals surface area contributed by atoms with Crippen LogP contribution in [0.3, 0.4) is 0 Å². The Labute approximate surface area is 201 Å². The number of rotatable bonds is 8. The highest BCUT2D eigenvalue weighted by atomic mass is 127. The number of piperidine rings is 1. The minimum atomic E-state index is 0. The molecule has 30 heavy (non-hydrogen) atoms. The van der Waals surface area contributed by atoms with Crippen LogP contribution >= 0.6 is 24.0 Å². The van der Waals surface area contributed by atoms with Crippen LogP contribution in [0, 0.1) is 5.92 Å². The van der Waals surface area contributed by atoms with Crippen molar-refractivity contribution >= 4 is 35.8 Å². The summed E-state index contributed by atoms with van der Waals surface area (Å²) < 4.78 is 0. The van der Waals surface area contributed by atoms with Crippen molar-refractivity contribution in [2.45, 2.75) is 83.1 Å². The van der Waals surface area contributed by atoms with Gasteiger partial charge in [-0.3, -0.25) is 9.79 Å². The number of nitrogens with one attached hydrogen (secondary N) is 2. The Bertz CT molecular complexity index is 518. The van der Waals surface area contributed by atoms with Gasteiger partial charge in [0.2, 0.25) is 5.91 Å². The van der Waals surface area contributed by atoms with E-state index in [9.17, 15) is 4.79 Å².